The Morgan fingerprint density at radius 2 is 1.33 bits per heavy atom. The number of benzene rings is 3. The molecule has 1 aliphatic rings. The minimum Gasteiger partial charge on any atom is -0.446 e. The van der Waals surface area contributed by atoms with Crippen molar-refractivity contribution in [1.82, 2.24) is 5.32 Å². The number of esters is 1. The van der Waals surface area contributed by atoms with Crippen LogP contribution in [0.2, 0.25) is 0 Å². The van der Waals surface area contributed by atoms with Crippen molar-refractivity contribution in [3.05, 3.63) is 102 Å². The lowest BCUT2D eigenvalue weighted by molar-refractivity contribution is -0.156. The summed E-state index contributed by atoms with van der Waals surface area (Å²) >= 11 is 1.42. The number of hydrogen-bond acceptors (Lipinski definition) is 4. The Morgan fingerprint density at radius 3 is 1.90 bits per heavy atom. The molecular formula is C25H23NO3S. The molecule has 1 saturated carbocycles. The first-order chi connectivity index (χ1) is 14.7. The quantitative estimate of drug-likeness (QED) is 0.410. The third-order valence-electron chi connectivity index (χ3n) is 4.81. The third-order valence-corrected chi connectivity index (χ3v) is 6.06. The Labute approximate surface area is 180 Å². The number of rotatable bonds is 8. The molecule has 0 radical (unpaired) electrons. The van der Waals surface area contributed by atoms with Crippen LogP contribution in [0, 0.1) is 0 Å². The van der Waals surface area contributed by atoms with E-state index < -0.39 is 17.3 Å². The van der Waals surface area contributed by atoms with E-state index in [0.717, 1.165) is 23.3 Å². The van der Waals surface area contributed by atoms with Gasteiger partial charge in [-0.3, -0.25) is 9.59 Å². The summed E-state index contributed by atoms with van der Waals surface area (Å²) in [6, 6.07) is 28.6. The normalized spacial score (nSPS) is 15.1. The van der Waals surface area contributed by atoms with Gasteiger partial charge in [-0.1, -0.05) is 78.9 Å². The lowest BCUT2D eigenvalue weighted by Crippen LogP contribution is -2.34. The molecule has 0 aromatic heterocycles. The number of thioether (sulfide) groups is 1. The molecular weight excluding hydrogens is 394 g/mol. The molecule has 3 aromatic rings. The summed E-state index contributed by atoms with van der Waals surface area (Å²) in [5.74, 6) is -0.705. The van der Waals surface area contributed by atoms with Gasteiger partial charge < -0.3 is 10.1 Å². The van der Waals surface area contributed by atoms with Gasteiger partial charge in [-0.15, -0.1) is 11.8 Å². The van der Waals surface area contributed by atoms with E-state index in [4.69, 9.17) is 4.74 Å². The van der Waals surface area contributed by atoms with E-state index in [-0.39, 0.29) is 11.9 Å². The van der Waals surface area contributed by atoms with Crippen molar-refractivity contribution in [2.45, 2.75) is 35.1 Å². The zero-order chi connectivity index (χ0) is 20.8. The zero-order valence-corrected chi connectivity index (χ0v) is 17.3. The molecule has 1 aliphatic carbocycles. The van der Waals surface area contributed by atoms with Gasteiger partial charge in [0.15, 0.2) is 0 Å². The minimum atomic E-state index is -0.970. The van der Waals surface area contributed by atoms with Gasteiger partial charge in [0, 0.05) is 16.5 Å². The fourth-order valence-corrected chi connectivity index (χ4v) is 4.13. The Bertz CT molecular complexity index is 975. The largest absolute Gasteiger partial charge is 0.446 e. The van der Waals surface area contributed by atoms with E-state index in [1.807, 2.05) is 91.0 Å². The highest BCUT2D eigenvalue weighted by Crippen LogP contribution is 2.37. The van der Waals surface area contributed by atoms with Gasteiger partial charge in [-0.25, -0.2) is 0 Å². The maximum atomic E-state index is 13.3. The summed E-state index contributed by atoms with van der Waals surface area (Å²) in [6.07, 6.45) is 0.969. The van der Waals surface area contributed by atoms with Crippen LogP contribution in [0.25, 0.3) is 0 Å². The van der Waals surface area contributed by atoms with Crippen molar-refractivity contribution in [3.63, 3.8) is 0 Å². The van der Waals surface area contributed by atoms with Crippen molar-refractivity contribution in [2.24, 2.45) is 0 Å². The first-order valence-electron chi connectivity index (χ1n) is 10.0. The summed E-state index contributed by atoms with van der Waals surface area (Å²) < 4.78 is 5.84. The van der Waals surface area contributed by atoms with Gasteiger partial charge in [0.1, 0.15) is 5.25 Å². The van der Waals surface area contributed by atoms with Crippen molar-refractivity contribution in [1.29, 1.82) is 0 Å². The van der Waals surface area contributed by atoms with Crippen LogP contribution in [-0.4, -0.2) is 17.9 Å². The van der Waals surface area contributed by atoms with Crippen LogP contribution in [-0.2, 0) is 14.3 Å². The van der Waals surface area contributed by atoms with Crippen LogP contribution in [0.5, 0.6) is 0 Å². The molecule has 1 fully saturated rings. The van der Waals surface area contributed by atoms with Gasteiger partial charge in [-0.05, 0) is 30.5 Å². The predicted octanol–water partition coefficient (Wildman–Crippen LogP) is 5.08. The molecule has 3 aromatic carbocycles. The fourth-order valence-electron chi connectivity index (χ4n) is 3.10. The number of carbonyl (C=O) groups is 2. The Kier molecular flexibility index (Phi) is 6.50. The first-order valence-corrected chi connectivity index (χ1v) is 10.9. The van der Waals surface area contributed by atoms with Gasteiger partial charge >= 0.3 is 5.97 Å². The molecule has 0 heterocycles. The SMILES string of the molecule is O=C(NC1CC1)[C@@H](OC(=O)[C@@H](Sc1ccccc1)c1ccccc1)c1ccccc1. The summed E-state index contributed by atoms with van der Waals surface area (Å²) in [4.78, 5) is 27.1. The summed E-state index contributed by atoms with van der Waals surface area (Å²) in [5, 5.41) is 2.39. The van der Waals surface area contributed by atoms with Crippen LogP contribution >= 0.6 is 11.8 Å². The molecule has 1 N–H and O–H groups in total. The van der Waals surface area contributed by atoms with Crippen LogP contribution in [0.1, 0.15) is 35.3 Å². The number of amides is 1. The molecule has 2 atom stereocenters. The lowest BCUT2D eigenvalue weighted by atomic mass is 10.1. The highest BCUT2D eigenvalue weighted by Gasteiger charge is 2.33. The smallest absolute Gasteiger partial charge is 0.325 e. The molecule has 1 amide bonds. The van der Waals surface area contributed by atoms with Crippen molar-refractivity contribution < 1.29 is 14.3 Å². The lowest BCUT2D eigenvalue weighted by Gasteiger charge is -2.22. The maximum Gasteiger partial charge on any atom is 0.325 e. The highest BCUT2D eigenvalue weighted by molar-refractivity contribution is 8.00. The summed E-state index contributed by atoms with van der Waals surface area (Å²) in [7, 11) is 0. The van der Waals surface area contributed by atoms with E-state index in [2.05, 4.69) is 5.32 Å². The number of ether oxygens (including phenoxy) is 1. The Balaban J connectivity index is 1.59. The van der Waals surface area contributed by atoms with Crippen LogP contribution < -0.4 is 5.32 Å². The fraction of sp³-hybridized carbons (Fsp3) is 0.200. The van der Waals surface area contributed by atoms with Gasteiger partial charge in [0.25, 0.3) is 5.91 Å². The summed E-state index contributed by atoms with van der Waals surface area (Å²) in [5.41, 5.74) is 1.51. The third kappa shape index (κ3) is 5.30. The highest BCUT2D eigenvalue weighted by atomic mass is 32.2. The average Bonchev–Trinajstić information content (AvgIpc) is 3.61. The topological polar surface area (TPSA) is 55.4 Å². The molecule has 4 rings (SSSR count). The van der Waals surface area contributed by atoms with Crippen molar-refractivity contribution >= 4 is 23.6 Å². The van der Waals surface area contributed by atoms with E-state index in [1.54, 1.807) is 0 Å². The Hall–Kier alpha value is -3.05. The molecule has 152 valence electrons. The number of hydrogen-bond donors (Lipinski definition) is 1. The van der Waals surface area contributed by atoms with Gasteiger partial charge in [0.2, 0.25) is 6.10 Å². The molecule has 4 nitrogen and oxygen atoms in total. The first kappa shape index (κ1) is 20.2. The molecule has 0 unspecified atom stereocenters. The standard InChI is InChI=1S/C25H23NO3S/c27-24(26-20-16-17-20)22(18-10-4-1-5-11-18)29-25(28)23(19-12-6-2-7-13-19)30-21-14-8-3-9-15-21/h1-15,20,22-23H,16-17H2,(H,26,27)/t22-,23-/m0/s1. The van der Waals surface area contributed by atoms with Crippen LogP contribution in [0.3, 0.4) is 0 Å². The van der Waals surface area contributed by atoms with Crippen molar-refractivity contribution in [2.75, 3.05) is 0 Å². The Morgan fingerprint density at radius 1 is 0.800 bits per heavy atom. The molecule has 0 spiro atoms. The maximum absolute atomic E-state index is 13.3. The molecule has 0 aliphatic heterocycles. The number of carbonyl (C=O) groups excluding carboxylic acids is 2. The van der Waals surface area contributed by atoms with Gasteiger partial charge in [-0.2, -0.15) is 0 Å². The second-order valence-electron chi connectivity index (χ2n) is 7.23. The predicted molar refractivity (Wildman–Crippen MR) is 118 cm³/mol. The van der Waals surface area contributed by atoms with Crippen LogP contribution in [0.15, 0.2) is 95.9 Å². The van der Waals surface area contributed by atoms with E-state index in [1.165, 1.54) is 11.8 Å². The second kappa shape index (κ2) is 9.63. The molecule has 0 bridgehead atoms. The summed E-state index contributed by atoms with van der Waals surface area (Å²) in [6.45, 7) is 0. The molecule has 0 saturated heterocycles. The van der Waals surface area contributed by atoms with Crippen LogP contribution in [0.4, 0.5) is 0 Å². The minimum absolute atomic E-state index is 0.186. The molecule has 30 heavy (non-hydrogen) atoms. The van der Waals surface area contributed by atoms with Crippen molar-refractivity contribution in [3.8, 4) is 0 Å². The monoisotopic (exact) mass is 417 g/mol. The molecule has 5 heteroatoms. The van der Waals surface area contributed by atoms with Gasteiger partial charge in [0.05, 0.1) is 0 Å². The average molecular weight is 418 g/mol. The van der Waals surface area contributed by atoms with E-state index >= 15 is 0 Å². The van der Waals surface area contributed by atoms with E-state index in [0.29, 0.717) is 5.56 Å². The van der Waals surface area contributed by atoms with E-state index in [9.17, 15) is 9.59 Å². The second-order valence-corrected chi connectivity index (χ2v) is 8.41. The zero-order valence-electron chi connectivity index (χ0n) is 16.4. The number of nitrogens with one attached hydrogen (secondary N) is 1.